The Morgan fingerprint density at radius 3 is 2.28 bits per heavy atom. The molecule has 6 rings (SSSR count). The Morgan fingerprint density at radius 1 is 0.861 bits per heavy atom. The molecule has 1 amide bonds. The molecule has 2 aliphatic rings. The number of amides is 1. The van der Waals surface area contributed by atoms with Gasteiger partial charge in [-0.25, -0.2) is 8.78 Å². The van der Waals surface area contributed by atoms with E-state index in [0.717, 1.165) is 33.9 Å². The zero-order valence-electron chi connectivity index (χ0n) is 19.5. The minimum atomic E-state index is -0.595. The maximum Gasteiger partial charge on any atom is 0.251 e. The van der Waals surface area contributed by atoms with Crippen LogP contribution in [-0.4, -0.2) is 11.7 Å². The first-order valence-corrected chi connectivity index (χ1v) is 11.8. The zero-order valence-corrected chi connectivity index (χ0v) is 19.5. The van der Waals surface area contributed by atoms with Gasteiger partial charge in [0.25, 0.3) is 5.91 Å². The van der Waals surface area contributed by atoms with Crippen molar-refractivity contribution in [2.75, 3.05) is 0 Å². The molecule has 178 valence electrons. The predicted molar refractivity (Wildman–Crippen MR) is 135 cm³/mol. The van der Waals surface area contributed by atoms with E-state index in [2.05, 4.69) is 5.32 Å². The molecule has 4 aromatic carbocycles. The van der Waals surface area contributed by atoms with Crippen molar-refractivity contribution >= 4 is 11.7 Å². The van der Waals surface area contributed by atoms with Crippen LogP contribution in [0.15, 0.2) is 72.8 Å². The molecule has 0 bridgehead atoms. The number of hydrogen-bond acceptors (Lipinski definition) is 2. The molecule has 0 spiro atoms. The summed E-state index contributed by atoms with van der Waals surface area (Å²) in [4.78, 5) is 12.9. The number of carbonyl (C=O) groups is 1. The average Bonchev–Trinajstić information content (AvgIpc) is 2.83. The topological polar surface area (TPSA) is 79.0 Å². The molecule has 0 aromatic heterocycles. The molecule has 2 aliphatic carbocycles. The van der Waals surface area contributed by atoms with Gasteiger partial charge in [0.15, 0.2) is 0 Å². The summed E-state index contributed by atoms with van der Waals surface area (Å²) in [5, 5.41) is 10.5. The second kappa shape index (κ2) is 8.12. The Morgan fingerprint density at radius 2 is 1.56 bits per heavy atom. The first kappa shape index (κ1) is 22.2. The molecule has 2 atom stereocenters. The molecule has 4 aromatic rings. The second-order valence-electron chi connectivity index (χ2n) is 9.50. The zero-order chi connectivity index (χ0) is 25.1. The van der Waals surface area contributed by atoms with Gasteiger partial charge in [-0.1, -0.05) is 36.4 Å². The highest BCUT2D eigenvalue weighted by atomic mass is 19.1. The van der Waals surface area contributed by atoms with Crippen LogP contribution < -0.4 is 11.1 Å². The van der Waals surface area contributed by atoms with Gasteiger partial charge in [0.05, 0.1) is 0 Å². The number of amidine groups is 1. The maximum absolute atomic E-state index is 14.3. The minimum Gasteiger partial charge on any atom is -0.384 e. The van der Waals surface area contributed by atoms with Gasteiger partial charge in [0.2, 0.25) is 0 Å². The summed E-state index contributed by atoms with van der Waals surface area (Å²) in [5.74, 6) is -0.819. The Labute approximate surface area is 207 Å². The average molecular weight is 480 g/mol. The Hall–Kier alpha value is -4.32. The predicted octanol–water partition coefficient (Wildman–Crippen LogP) is 5.75. The molecule has 36 heavy (non-hydrogen) atoms. The molecule has 0 saturated carbocycles. The van der Waals surface area contributed by atoms with E-state index in [1.165, 1.54) is 23.3 Å². The van der Waals surface area contributed by atoms with Gasteiger partial charge < -0.3 is 11.1 Å². The highest BCUT2D eigenvalue weighted by Crippen LogP contribution is 2.63. The lowest BCUT2D eigenvalue weighted by molar-refractivity contribution is 0.0950. The number of nitrogen functional groups attached to an aromatic ring is 1. The SMILES string of the molecule is Cc1cc(C(=N)N)ccc1CNC(=O)c1ccc2c(c1)C1c3cc(-c4ccc(F)cc4F)ccc3[C@@H]21. The number of aryl methyl sites for hydroxylation is 1. The summed E-state index contributed by atoms with van der Waals surface area (Å²) in [6, 6.07) is 20.9. The van der Waals surface area contributed by atoms with Gasteiger partial charge in [-0.3, -0.25) is 10.2 Å². The maximum atomic E-state index is 14.3. The van der Waals surface area contributed by atoms with Crippen molar-refractivity contribution < 1.29 is 13.6 Å². The van der Waals surface area contributed by atoms with Gasteiger partial charge in [-0.15, -0.1) is 0 Å². The molecule has 0 radical (unpaired) electrons. The summed E-state index contributed by atoms with van der Waals surface area (Å²) < 4.78 is 27.7. The van der Waals surface area contributed by atoms with Crippen molar-refractivity contribution in [1.29, 1.82) is 5.41 Å². The van der Waals surface area contributed by atoms with Crippen LogP contribution >= 0.6 is 0 Å². The van der Waals surface area contributed by atoms with Gasteiger partial charge in [0.1, 0.15) is 17.5 Å². The standard InChI is InChI=1S/C30H23F2N3O/c1-15-10-17(29(33)34)2-3-19(15)14-35-30(36)18-5-8-23-25(12-18)28-24-11-16(4-7-22(24)27(23)28)21-9-6-20(31)13-26(21)32/h2-13,27-28H,14H2,1H3,(H3,33,34)(H,35,36)/t27-,28?/m0/s1. The van der Waals surface area contributed by atoms with Crippen LogP contribution in [0, 0.1) is 24.0 Å². The lowest BCUT2D eigenvalue weighted by Gasteiger charge is -2.50. The third-order valence-corrected chi connectivity index (χ3v) is 7.44. The fraction of sp³-hybridized carbons (Fsp3) is 0.133. The van der Waals surface area contributed by atoms with E-state index in [4.69, 9.17) is 11.1 Å². The van der Waals surface area contributed by atoms with Gasteiger partial charge in [0, 0.05) is 41.1 Å². The van der Waals surface area contributed by atoms with Crippen molar-refractivity contribution in [3.63, 3.8) is 0 Å². The third-order valence-electron chi connectivity index (χ3n) is 7.44. The van der Waals surface area contributed by atoms with Crippen molar-refractivity contribution in [3.05, 3.63) is 129 Å². The van der Waals surface area contributed by atoms with Gasteiger partial charge >= 0.3 is 0 Å². The van der Waals surface area contributed by atoms with Crippen molar-refractivity contribution in [3.8, 4) is 11.1 Å². The molecule has 1 unspecified atom stereocenters. The number of fused-ring (bicyclic) bond motifs is 7. The summed E-state index contributed by atoms with van der Waals surface area (Å²) >= 11 is 0. The monoisotopic (exact) mass is 479 g/mol. The van der Waals surface area contributed by atoms with E-state index < -0.39 is 11.6 Å². The van der Waals surface area contributed by atoms with Crippen LogP contribution in [0.25, 0.3) is 11.1 Å². The van der Waals surface area contributed by atoms with E-state index in [1.807, 2.05) is 55.5 Å². The van der Waals surface area contributed by atoms with Gasteiger partial charge in [-0.2, -0.15) is 0 Å². The molecule has 0 saturated heterocycles. The van der Waals surface area contributed by atoms with Gasteiger partial charge in [-0.05, 0) is 76.2 Å². The number of halogens is 2. The molecule has 6 heteroatoms. The largest absolute Gasteiger partial charge is 0.384 e. The fourth-order valence-electron chi connectivity index (χ4n) is 5.49. The Bertz CT molecular complexity index is 1590. The number of carbonyl (C=O) groups excluding carboxylic acids is 1. The highest BCUT2D eigenvalue weighted by molar-refractivity contribution is 5.96. The van der Waals surface area contributed by atoms with E-state index in [9.17, 15) is 13.6 Å². The Balaban J connectivity index is 1.20. The van der Waals surface area contributed by atoms with Crippen molar-refractivity contribution in [2.45, 2.75) is 25.3 Å². The van der Waals surface area contributed by atoms with E-state index >= 15 is 0 Å². The van der Waals surface area contributed by atoms with Crippen molar-refractivity contribution in [2.24, 2.45) is 5.73 Å². The van der Waals surface area contributed by atoms with E-state index in [-0.39, 0.29) is 17.7 Å². The fourth-order valence-corrected chi connectivity index (χ4v) is 5.49. The highest BCUT2D eigenvalue weighted by Gasteiger charge is 2.49. The normalized spacial score (nSPS) is 16.6. The first-order chi connectivity index (χ1) is 17.3. The number of nitrogens with one attached hydrogen (secondary N) is 2. The lowest BCUT2D eigenvalue weighted by Crippen LogP contribution is -2.36. The van der Waals surface area contributed by atoms with Crippen LogP contribution in [0.5, 0.6) is 0 Å². The summed E-state index contributed by atoms with van der Waals surface area (Å²) in [6.07, 6.45) is 0. The first-order valence-electron chi connectivity index (χ1n) is 11.8. The smallest absolute Gasteiger partial charge is 0.251 e. The molecule has 0 aliphatic heterocycles. The summed E-state index contributed by atoms with van der Waals surface area (Å²) in [7, 11) is 0. The van der Waals surface area contributed by atoms with E-state index in [1.54, 1.807) is 6.07 Å². The number of hydrogen-bond donors (Lipinski definition) is 3. The van der Waals surface area contributed by atoms with Crippen LogP contribution in [0.2, 0.25) is 0 Å². The molecular formula is C30H23F2N3O. The summed E-state index contributed by atoms with van der Waals surface area (Å²) in [6.45, 7) is 2.31. The number of nitrogens with two attached hydrogens (primary N) is 1. The van der Waals surface area contributed by atoms with Crippen LogP contribution in [0.1, 0.15) is 61.1 Å². The number of rotatable bonds is 5. The Kier molecular flexibility index (Phi) is 5.00. The quantitative estimate of drug-likeness (QED) is 0.252. The lowest BCUT2D eigenvalue weighted by atomic mass is 9.52. The second-order valence-corrected chi connectivity index (χ2v) is 9.50. The van der Waals surface area contributed by atoms with Crippen molar-refractivity contribution in [1.82, 2.24) is 5.32 Å². The summed E-state index contributed by atoms with van der Waals surface area (Å²) in [5.41, 5.74) is 14.5. The minimum absolute atomic E-state index is 0.0153. The van der Waals surface area contributed by atoms with Crippen LogP contribution in [-0.2, 0) is 6.54 Å². The third kappa shape index (κ3) is 3.40. The molecular weight excluding hydrogens is 456 g/mol. The molecule has 4 N–H and O–H groups in total. The molecule has 4 nitrogen and oxygen atoms in total. The molecule has 0 heterocycles. The van der Waals surface area contributed by atoms with Crippen LogP contribution in [0.3, 0.4) is 0 Å². The molecule has 0 fully saturated rings. The van der Waals surface area contributed by atoms with E-state index in [0.29, 0.717) is 29.2 Å². The number of benzene rings is 4. The van der Waals surface area contributed by atoms with Crippen LogP contribution in [0.4, 0.5) is 8.78 Å².